The van der Waals surface area contributed by atoms with E-state index in [1.807, 2.05) is 13.1 Å². The highest BCUT2D eigenvalue weighted by Crippen LogP contribution is 2.26. The van der Waals surface area contributed by atoms with Crippen molar-refractivity contribution < 1.29 is 0 Å². The van der Waals surface area contributed by atoms with Crippen molar-refractivity contribution in [1.82, 2.24) is 10.3 Å². The lowest BCUT2D eigenvalue weighted by atomic mass is 10.2. The van der Waals surface area contributed by atoms with Crippen LogP contribution in [0.15, 0.2) is 35.7 Å². The van der Waals surface area contributed by atoms with Crippen LogP contribution in [0.5, 0.6) is 0 Å². The molecule has 4 heteroatoms. The molecule has 1 atom stereocenters. The number of aromatic nitrogens is 1. The summed E-state index contributed by atoms with van der Waals surface area (Å²) in [6.45, 7) is 3.01. The van der Waals surface area contributed by atoms with Crippen molar-refractivity contribution >= 4 is 17.2 Å². The monoisotopic (exact) mass is 261 g/mol. The summed E-state index contributed by atoms with van der Waals surface area (Å²) in [7, 11) is 4.03. The molecule has 2 rings (SSSR count). The minimum absolute atomic E-state index is 0.349. The van der Waals surface area contributed by atoms with Crippen LogP contribution in [0.25, 0.3) is 0 Å². The van der Waals surface area contributed by atoms with Gasteiger partial charge >= 0.3 is 0 Å². The zero-order chi connectivity index (χ0) is 13.0. The normalized spacial score (nSPS) is 12.4. The predicted molar refractivity (Wildman–Crippen MR) is 78.1 cm³/mol. The van der Waals surface area contributed by atoms with Gasteiger partial charge in [-0.25, -0.2) is 4.98 Å². The summed E-state index contributed by atoms with van der Waals surface area (Å²) in [4.78, 5) is 8.23. The molecule has 2 heterocycles. The SMILES string of the molecule is CNCc1cccc(N(C)C(C)c2cccs2)n1. The summed E-state index contributed by atoms with van der Waals surface area (Å²) in [6, 6.07) is 10.8. The predicted octanol–water partition coefficient (Wildman–Crippen LogP) is 3.06. The minimum atomic E-state index is 0.349. The highest BCUT2D eigenvalue weighted by Gasteiger charge is 2.14. The first kappa shape index (κ1) is 13.1. The number of anilines is 1. The van der Waals surface area contributed by atoms with Gasteiger partial charge in [0.1, 0.15) is 5.82 Å². The Labute approximate surface area is 112 Å². The van der Waals surface area contributed by atoms with Crippen molar-refractivity contribution in [1.29, 1.82) is 0 Å². The number of hydrogen-bond acceptors (Lipinski definition) is 4. The first-order chi connectivity index (χ1) is 8.72. The van der Waals surface area contributed by atoms with Gasteiger partial charge in [-0.2, -0.15) is 0 Å². The van der Waals surface area contributed by atoms with Crippen molar-refractivity contribution in [3.8, 4) is 0 Å². The lowest BCUT2D eigenvalue weighted by Gasteiger charge is -2.25. The van der Waals surface area contributed by atoms with Gasteiger partial charge in [0.15, 0.2) is 0 Å². The Morgan fingerprint density at radius 1 is 1.33 bits per heavy atom. The van der Waals surface area contributed by atoms with Gasteiger partial charge in [0.2, 0.25) is 0 Å². The zero-order valence-electron chi connectivity index (χ0n) is 11.1. The zero-order valence-corrected chi connectivity index (χ0v) is 11.9. The van der Waals surface area contributed by atoms with Crippen molar-refractivity contribution in [3.05, 3.63) is 46.3 Å². The third kappa shape index (κ3) is 2.89. The summed E-state index contributed by atoms with van der Waals surface area (Å²) in [5.41, 5.74) is 1.07. The van der Waals surface area contributed by atoms with Crippen molar-refractivity contribution in [3.63, 3.8) is 0 Å². The van der Waals surface area contributed by atoms with Crippen molar-refractivity contribution in [2.45, 2.75) is 19.5 Å². The number of rotatable bonds is 5. The number of thiophene rings is 1. The summed E-state index contributed by atoms with van der Waals surface area (Å²) in [6.07, 6.45) is 0. The van der Waals surface area contributed by atoms with Gasteiger partial charge in [0.05, 0.1) is 11.7 Å². The van der Waals surface area contributed by atoms with Gasteiger partial charge in [0, 0.05) is 18.5 Å². The maximum absolute atomic E-state index is 4.66. The Morgan fingerprint density at radius 3 is 2.83 bits per heavy atom. The number of pyridine rings is 1. The van der Waals surface area contributed by atoms with E-state index >= 15 is 0 Å². The van der Waals surface area contributed by atoms with E-state index in [-0.39, 0.29) is 0 Å². The van der Waals surface area contributed by atoms with Gasteiger partial charge in [-0.05, 0) is 37.6 Å². The molecule has 0 aliphatic carbocycles. The summed E-state index contributed by atoms with van der Waals surface area (Å²) < 4.78 is 0. The molecular weight excluding hydrogens is 242 g/mol. The fourth-order valence-electron chi connectivity index (χ4n) is 1.86. The quantitative estimate of drug-likeness (QED) is 0.896. The molecule has 0 saturated carbocycles. The maximum Gasteiger partial charge on any atom is 0.129 e. The number of nitrogens with one attached hydrogen (secondary N) is 1. The van der Waals surface area contributed by atoms with E-state index in [9.17, 15) is 0 Å². The molecule has 0 radical (unpaired) electrons. The average molecular weight is 261 g/mol. The Kier molecular flexibility index (Phi) is 4.33. The minimum Gasteiger partial charge on any atom is -0.352 e. The second-order valence-corrected chi connectivity index (χ2v) is 5.30. The van der Waals surface area contributed by atoms with Gasteiger partial charge < -0.3 is 10.2 Å². The van der Waals surface area contributed by atoms with Crippen molar-refractivity contribution in [2.24, 2.45) is 0 Å². The van der Waals surface area contributed by atoms with Gasteiger partial charge in [-0.1, -0.05) is 12.1 Å². The molecule has 1 unspecified atom stereocenters. The van der Waals surface area contributed by atoms with E-state index in [0.717, 1.165) is 18.1 Å². The molecule has 2 aromatic heterocycles. The maximum atomic E-state index is 4.66. The molecule has 0 spiro atoms. The van der Waals surface area contributed by atoms with E-state index in [4.69, 9.17) is 0 Å². The summed E-state index contributed by atoms with van der Waals surface area (Å²) in [5.74, 6) is 1.02. The number of hydrogen-bond donors (Lipinski definition) is 1. The van der Waals surface area contributed by atoms with Crippen LogP contribution in [0.1, 0.15) is 23.5 Å². The molecule has 96 valence electrons. The molecular formula is C14H19N3S. The van der Waals surface area contributed by atoms with E-state index < -0.39 is 0 Å². The van der Waals surface area contributed by atoms with Crippen LogP contribution in [0.4, 0.5) is 5.82 Å². The summed E-state index contributed by atoms with van der Waals surface area (Å²) >= 11 is 1.79. The van der Waals surface area contributed by atoms with E-state index in [2.05, 4.69) is 58.8 Å². The molecule has 18 heavy (non-hydrogen) atoms. The molecule has 2 aromatic rings. The van der Waals surface area contributed by atoms with Crippen LogP contribution >= 0.6 is 11.3 Å². The van der Waals surface area contributed by atoms with Gasteiger partial charge in [-0.3, -0.25) is 0 Å². The second-order valence-electron chi connectivity index (χ2n) is 4.32. The largest absolute Gasteiger partial charge is 0.352 e. The Morgan fingerprint density at radius 2 is 2.17 bits per heavy atom. The Balaban J connectivity index is 2.17. The van der Waals surface area contributed by atoms with Gasteiger partial charge in [0.25, 0.3) is 0 Å². The molecule has 0 aromatic carbocycles. The average Bonchev–Trinajstić information content (AvgIpc) is 2.91. The Bertz CT molecular complexity index is 482. The Hall–Kier alpha value is -1.39. The smallest absolute Gasteiger partial charge is 0.129 e. The first-order valence-corrected chi connectivity index (χ1v) is 6.97. The van der Waals surface area contributed by atoms with E-state index in [1.165, 1.54) is 4.88 Å². The lowest BCUT2D eigenvalue weighted by Crippen LogP contribution is -2.22. The van der Waals surface area contributed by atoms with Crippen LogP contribution in [0, 0.1) is 0 Å². The molecule has 0 saturated heterocycles. The van der Waals surface area contributed by atoms with Crippen LogP contribution in [0.3, 0.4) is 0 Å². The van der Waals surface area contributed by atoms with Crippen molar-refractivity contribution in [2.75, 3.05) is 19.0 Å². The van der Waals surface area contributed by atoms with Crippen LogP contribution in [-0.4, -0.2) is 19.1 Å². The van der Waals surface area contributed by atoms with Crippen LogP contribution < -0.4 is 10.2 Å². The molecule has 0 fully saturated rings. The van der Waals surface area contributed by atoms with Crippen LogP contribution in [0.2, 0.25) is 0 Å². The van der Waals surface area contributed by atoms with E-state index in [0.29, 0.717) is 6.04 Å². The highest BCUT2D eigenvalue weighted by molar-refractivity contribution is 7.10. The third-order valence-corrected chi connectivity index (χ3v) is 4.09. The molecule has 0 aliphatic heterocycles. The molecule has 1 N–H and O–H groups in total. The molecule has 0 bridgehead atoms. The van der Waals surface area contributed by atoms with Crippen LogP contribution in [-0.2, 0) is 6.54 Å². The topological polar surface area (TPSA) is 28.2 Å². The fraction of sp³-hybridized carbons (Fsp3) is 0.357. The third-order valence-electron chi connectivity index (χ3n) is 3.05. The van der Waals surface area contributed by atoms with Gasteiger partial charge in [-0.15, -0.1) is 11.3 Å². The second kappa shape index (κ2) is 5.98. The summed E-state index contributed by atoms with van der Waals surface area (Å²) in [5, 5.41) is 5.24. The molecule has 0 aliphatic rings. The fourth-order valence-corrected chi connectivity index (χ4v) is 2.69. The standard InChI is InChI=1S/C14H19N3S/c1-11(13-7-5-9-18-13)17(3)14-8-4-6-12(16-14)10-15-2/h4-9,11,15H,10H2,1-3H3. The lowest BCUT2D eigenvalue weighted by molar-refractivity contribution is 0.730. The number of nitrogens with zero attached hydrogens (tertiary/aromatic N) is 2. The molecule has 0 amide bonds. The van der Waals surface area contributed by atoms with E-state index in [1.54, 1.807) is 11.3 Å². The molecule has 3 nitrogen and oxygen atoms in total. The highest BCUT2D eigenvalue weighted by atomic mass is 32.1. The first-order valence-electron chi connectivity index (χ1n) is 6.09.